The van der Waals surface area contributed by atoms with Gasteiger partial charge in [-0.2, -0.15) is 0 Å². The number of hydrogen-bond acceptors (Lipinski definition) is 4. The van der Waals surface area contributed by atoms with Crippen molar-refractivity contribution in [3.63, 3.8) is 0 Å². The summed E-state index contributed by atoms with van der Waals surface area (Å²) >= 11 is 0. The van der Waals surface area contributed by atoms with E-state index >= 15 is 0 Å². The van der Waals surface area contributed by atoms with Gasteiger partial charge in [0, 0.05) is 25.7 Å². The van der Waals surface area contributed by atoms with E-state index in [2.05, 4.69) is 4.90 Å². The van der Waals surface area contributed by atoms with E-state index in [1.54, 1.807) is 12.1 Å². The lowest BCUT2D eigenvalue weighted by Crippen LogP contribution is -2.35. The molecule has 1 saturated heterocycles. The molecule has 1 aliphatic heterocycles. The van der Waals surface area contributed by atoms with Gasteiger partial charge in [-0.25, -0.2) is 4.39 Å². The quantitative estimate of drug-likeness (QED) is 0.847. The Balaban J connectivity index is 1.40. The van der Waals surface area contributed by atoms with Gasteiger partial charge < -0.3 is 14.6 Å². The normalized spacial score (nSPS) is 19.2. The van der Waals surface area contributed by atoms with E-state index in [1.807, 2.05) is 30.3 Å². The maximum atomic E-state index is 13.2. The summed E-state index contributed by atoms with van der Waals surface area (Å²) in [5, 5.41) is 10.1. The molecule has 0 amide bonds. The number of aliphatic hydroxyl groups is 1. The second-order valence-electron chi connectivity index (χ2n) is 6.02. The van der Waals surface area contributed by atoms with Crippen LogP contribution in [-0.4, -0.2) is 48.5 Å². The third-order valence-electron chi connectivity index (χ3n) is 3.98. The van der Waals surface area contributed by atoms with Crippen LogP contribution in [0.25, 0.3) is 0 Å². The number of para-hydroxylation sites is 1. The molecule has 3 rings (SSSR count). The fraction of sp³-hybridized carbons (Fsp3) is 0.368. The fourth-order valence-corrected chi connectivity index (χ4v) is 2.85. The first-order valence-corrected chi connectivity index (χ1v) is 8.19. The van der Waals surface area contributed by atoms with Crippen molar-refractivity contribution in [1.29, 1.82) is 0 Å². The zero-order valence-electron chi connectivity index (χ0n) is 13.5. The minimum atomic E-state index is -0.557. The van der Waals surface area contributed by atoms with Crippen molar-refractivity contribution in [2.45, 2.75) is 18.6 Å². The molecule has 128 valence electrons. The van der Waals surface area contributed by atoms with Crippen molar-refractivity contribution in [1.82, 2.24) is 4.90 Å². The van der Waals surface area contributed by atoms with E-state index in [-0.39, 0.29) is 18.5 Å². The number of ether oxygens (including phenoxy) is 2. The van der Waals surface area contributed by atoms with Crippen LogP contribution in [0, 0.1) is 5.82 Å². The summed E-state index contributed by atoms with van der Waals surface area (Å²) in [6, 6.07) is 15.6. The standard InChI is InChI=1S/C19H22FNO3/c20-15-5-4-8-18(11-15)24-19-9-10-21(13-19)12-16(22)14-23-17-6-2-1-3-7-17/h1-8,11,16,19,22H,9-10,12-14H2. The minimum absolute atomic E-state index is 0.0223. The van der Waals surface area contributed by atoms with Crippen LogP contribution in [0.2, 0.25) is 0 Å². The highest BCUT2D eigenvalue weighted by Gasteiger charge is 2.25. The smallest absolute Gasteiger partial charge is 0.126 e. The van der Waals surface area contributed by atoms with Gasteiger partial charge in [0.2, 0.25) is 0 Å². The molecule has 24 heavy (non-hydrogen) atoms. The van der Waals surface area contributed by atoms with Gasteiger partial charge in [0.25, 0.3) is 0 Å². The largest absolute Gasteiger partial charge is 0.491 e. The summed E-state index contributed by atoms with van der Waals surface area (Å²) in [4.78, 5) is 2.14. The van der Waals surface area contributed by atoms with Crippen LogP contribution in [0.15, 0.2) is 54.6 Å². The SMILES string of the molecule is OC(COc1ccccc1)CN1CCC(Oc2cccc(F)c2)C1. The molecule has 0 aliphatic carbocycles. The van der Waals surface area contributed by atoms with Crippen molar-refractivity contribution in [3.8, 4) is 11.5 Å². The molecule has 2 aromatic carbocycles. The number of nitrogens with zero attached hydrogens (tertiary/aromatic N) is 1. The molecule has 0 radical (unpaired) electrons. The van der Waals surface area contributed by atoms with E-state index < -0.39 is 6.10 Å². The Morgan fingerprint density at radius 3 is 2.71 bits per heavy atom. The molecule has 0 bridgehead atoms. The molecule has 0 aromatic heterocycles. The first-order valence-electron chi connectivity index (χ1n) is 8.19. The molecule has 2 aromatic rings. The van der Waals surface area contributed by atoms with Crippen LogP contribution in [0.4, 0.5) is 4.39 Å². The monoisotopic (exact) mass is 331 g/mol. The molecule has 2 atom stereocenters. The van der Waals surface area contributed by atoms with Crippen molar-refractivity contribution >= 4 is 0 Å². The first kappa shape index (κ1) is 16.7. The Morgan fingerprint density at radius 1 is 1.12 bits per heavy atom. The van der Waals surface area contributed by atoms with E-state index in [4.69, 9.17) is 9.47 Å². The van der Waals surface area contributed by atoms with Gasteiger partial charge in [0.05, 0.1) is 0 Å². The number of β-amino-alcohol motifs (C(OH)–C–C–N with tert-alkyl or cyclic N) is 1. The molecule has 1 N–H and O–H groups in total. The molecule has 2 unspecified atom stereocenters. The van der Waals surface area contributed by atoms with Crippen LogP contribution in [0.5, 0.6) is 11.5 Å². The summed E-state index contributed by atoms with van der Waals surface area (Å²) < 4.78 is 24.5. The number of benzene rings is 2. The maximum Gasteiger partial charge on any atom is 0.126 e. The number of hydrogen-bond donors (Lipinski definition) is 1. The van der Waals surface area contributed by atoms with Gasteiger partial charge in [-0.3, -0.25) is 4.90 Å². The number of aliphatic hydroxyl groups excluding tert-OH is 1. The lowest BCUT2D eigenvalue weighted by Gasteiger charge is -2.20. The molecule has 0 spiro atoms. The second kappa shape index (κ2) is 8.13. The van der Waals surface area contributed by atoms with Gasteiger partial charge in [-0.1, -0.05) is 24.3 Å². The maximum absolute atomic E-state index is 13.2. The van der Waals surface area contributed by atoms with Gasteiger partial charge in [-0.15, -0.1) is 0 Å². The Bertz CT molecular complexity index is 638. The predicted octanol–water partition coefficient (Wildman–Crippen LogP) is 2.72. The molecule has 4 nitrogen and oxygen atoms in total. The van der Waals surface area contributed by atoms with Gasteiger partial charge in [0.15, 0.2) is 0 Å². The predicted molar refractivity (Wildman–Crippen MR) is 89.8 cm³/mol. The van der Waals surface area contributed by atoms with E-state index in [0.29, 0.717) is 12.3 Å². The fourth-order valence-electron chi connectivity index (χ4n) is 2.85. The van der Waals surface area contributed by atoms with Crippen LogP contribution >= 0.6 is 0 Å². The van der Waals surface area contributed by atoms with Gasteiger partial charge in [-0.05, 0) is 30.7 Å². The van der Waals surface area contributed by atoms with Crippen molar-refractivity contribution in [3.05, 3.63) is 60.4 Å². The summed E-state index contributed by atoms with van der Waals surface area (Å²) in [7, 11) is 0. The highest BCUT2D eigenvalue weighted by molar-refractivity contribution is 5.23. The average molecular weight is 331 g/mol. The second-order valence-corrected chi connectivity index (χ2v) is 6.02. The van der Waals surface area contributed by atoms with E-state index in [1.165, 1.54) is 12.1 Å². The molecule has 1 aliphatic rings. The Morgan fingerprint density at radius 2 is 1.92 bits per heavy atom. The number of likely N-dealkylation sites (tertiary alicyclic amines) is 1. The number of halogens is 1. The van der Waals surface area contributed by atoms with Gasteiger partial charge >= 0.3 is 0 Å². The zero-order valence-corrected chi connectivity index (χ0v) is 13.5. The van der Waals surface area contributed by atoms with Crippen molar-refractivity contribution in [2.75, 3.05) is 26.2 Å². The molecule has 1 heterocycles. The molecule has 1 fully saturated rings. The Kier molecular flexibility index (Phi) is 5.67. The van der Waals surface area contributed by atoms with Crippen molar-refractivity contribution in [2.24, 2.45) is 0 Å². The number of rotatable bonds is 7. The van der Waals surface area contributed by atoms with Crippen LogP contribution in [0.3, 0.4) is 0 Å². The highest BCUT2D eigenvalue weighted by atomic mass is 19.1. The van der Waals surface area contributed by atoms with Crippen LogP contribution in [-0.2, 0) is 0 Å². The summed E-state index contributed by atoms with van der Waals surface area (Å²) in [5.41, 5.74) is 0. The first-order chi connectivity index (χ1) is 11.7. The summed E-state index contributed by atoms with van der Waals surface area (Å²) in [6.45, 7) is 2.37. The third kappa shape index (κ3) is 4.94. The zero-order chi connectivity index (χ0) is 16.8. The Hall–Kier alpha value is -2.11. The summed E-state index contributed by atoms with van der Waals surface area (Å²) in [6.07, 6.45) is 0.329. The van der Waals surface area contributed by atoms with E-state index in [9.17, 15) is 9.50 Å². The Labute approximate surface area is 141 Å². The van der Waals surface area contributed by atoms with Gasteiger partial charge in [0.1, 0.15) is 36.1 Å². The molecule has 5 heteroatoms. The summed E-state index contributed by atoms with van der Waals surface area (Å²) in [5.74, 6) is 1.01. The molecular weight excluding hydrogens is 309 g/mol. The van der Waals surface area contributed by atoms with Crippen molar-refractivity contribution < 1.29 is 19.0 Å². The highest BCUT2D eigenvalue weighted by Crippen LogP contribution is 2.19. The van der Waals surface area contributed by atoms with E-state index in [0.717, 1.165) is 25.3 Å². The van der Waals surface area contributed by atoms with Crippen LogP contribution < -0.4 is 9.47 Å². The lowest BCUT2D eigenvalue weighted by atomic mass is 10.3. The molecular formula is C19H22FNO3. The molecule has 0 saturated carbocycles. The average Bonchev–Trinajstić information content (AvgIpc) is 3.01. The van der Waals surface area contributed by atoms with Crippen LogP contribution in [0.1, 0.15) is 6.42 Å². The minimum Gasteiger partial charge on any atom is -0.491 e. The topological polar surface area (TPSA) is 41.9 Å². The lowest BCUT2D eigenvalue weighted by molar-refractivity contribution is 0.0720. The third-order valence-corrected chi connectivity index (χ3v) is 3.98.